The third kappa shape index (κ3) is 6.62. The van der Waals surface area contributed by atoms with E-state index in [2.05, 4.69) is 0 Å². The molecule has 1 aromatic carbocycles. The molecule has 1 aromatic rings. The van der Waals surface area contributed by atoms with E-state index in [9.17, 15) is 14.4 Å². The van der Waals surface area contributed by atoms with Crippen LogP contribution in [0.3, 0.4) is 0 Å². The average molecular weight is 336 g/mol. The SMILES string of the molecule is CC=CC(=O)OCCOC(=O)c1ccccc1C(=O)OCC(C)O. The molecule has 0 fully saturated rings. The van der Waals surface area contributed by atoms with Gasteiger partial charge in [0, 0.05) is 6.08 Å². The van der Waals surface area contributed by atoms with Crippen LogP contribution in [0.2, 0.25) is 0 Å². The second kappa shape index (κ2) is 10.2. The molecule has 1 unspecified atom stereocenters. The zero-order valence-electron chi connectivity index (χ0n) is 13.6. The summed E-state index contributed by atoms with van der Waals surface area (Å²) in [7, 11) is 0. The quantitative estimate of drug-likeness (QED) is 0.332. The van der Waals surface area contributed by atoms with Gasteiger partial charge in [-0.15, -0.1) is 0 Å². The normalized spacial score (nSPS) is 11.8. The Morgan fingerprint density at radius 1 is 1.04 bits per heavy atom. The van der Waals surface area contributed by atoms with Gasteiger partial charge in [-0.05, 0) is 26.0 Å². The number of ether oxygens (including phenoxy) is 3. The fourth-order valence-electron chi connectivity index (χ4n) is 1.65. The van der Waals surface area contributed by atoms with Gasteiger partial charge in [0.05, 0.1) is 17.2 Å². The van der Waals surface area contributed by atoms with Crippen LogP contribution in [-0.2, 0) is 19.0 Å². The van der Waals surface area contributed by atoms with Gasteiger partial charge >= 0.3 is 17.9 Å². The van der Waals surface area contributed by atoms with Crippen molar-refractivity contribution in [3.05, 3.63) is 47.5 Å². The van der Waals surface area contributed by atoms with E-state index in [-0.39, 0.29) is 30.9 Å². The summed E-state index contributed by atoms with van der Waals surface area (Å²) in [6.07, 6.45) is 1.97. The second-order valence-corrected chi connectivity index (χ2v) is 4.80. The third-order valence-corrected chi connectivity index (χ3v) is 2.69. The predicted molar refractivity (Wildman–Crippen MR) is 84.5 cm³/mol. The Morgan fingerprint density at radius 3 is 2.12 bits per heavy atom. The van der Waals surface area contributed by atoms with E-state index in [1.165, 1.54) is 31.2 Å². The third-order valence-electron chi connectivity index (χ3n) is 2.69. The minimum Gasteiger partial charge on any atom is -0.459 e. The highest BCUT2D eigenvalue weighted by Gasteiger charge is 2.19. The van der Waals surface area contributed by atoms with E-state index >= 15 is 0 Å². The Hall–Kier alpha value is -2.67. The highest BCUT2D eigenvalue weighted by atomic mass is 16.6. The fourth-order valence-corrected chi connectivity index (χ4v) is 1.65. The number of carbonyl (C=O) groups excluding carboxylic acids is 3. The van der Waals surface area contributed by atoms with E-state index in [1.807, 2.05) is 0 Å². The summed E-state index contributed by atoms with van der Waals surface area (Å²) < 4.78 is 14.7. The first-order valence-corrected chi connectivity index (χ1v) is 7.36. The van der Waals surface area contributed by atoms with Gasteiger partial charge in [0.1, 0.15) is 19.8 Å². The Bertz CT molecular complexity index is 605. The van der Waals surface area contributed by atoms with Crippen molar-refractivity contribution in [2.45, 2.75) is 20.0 Å². The van der Waals surface area contributed by atoms with Crippen molar-refractivity contribution in [1.29, 1.82) is 0 Å². The number of hydrogen-bond acceptors (Lipinski definition) is 7. The molecule has 7 heteroatoms. The lowest BCUT2D eigenvalue weighted by atomic mass is 10.1. The van der Waals surface area contributed by atoms with Gasteiger partial charge in [-0.25, -0.2) is 14.4 Å². The molecule has 130 valence electrons. The molecule has 0 heterocycles. The van der Waals surface area contributed by atoms with Gasteiger partial charge in [-0.1, -0.05) is 18.2 Å². The molecule has 1 rings (SSSR count). The van der Waals surface area contributed by atoms with Crippen molar-refractivity contribution < 1.29 is 33.7 Å². The number of aliphatic hydroxyl groups is 1. The Kier molecular flexibility index (Phi) is 8.21. The number of rotatable bonds is 8. The van der Waals surface area contributed by atoms with Crippen molar-refractivity contribution in [3.8, 4) is 0 Å². The molecule has 0 saturated heterocycles. The molecule has 7 nitrogen and oxygen atoms in total. The fraction of sp³-hybridized carbons (Fsp3) is 0.353. The van der Waals surface area contributed by atoms with Crippen LogP contribution in [0.4, 0.5) is 0 Å². The lowest BCUT2D eigenvalue weighted by Crippen LogP contribution is -2.19. The Morgan fingerprint density at radius 2 is 1.58 bits per heavy atom. The Balaban J connectivity index is 2.61. The first-order valence-electron chi connectivity index (χ1n) is 7.36. The molecule has 0 spiro atoms. The molecule has 1 N–H and O–H groups in total. The van der Waals surface area contributed by atoms with Crippen molar-refractivity contribution in [2.75, 3.05) is 19.8 Å². The van der Waals surface area contributed by atoms with Crippen molar-refractivity contribution >= 4 is 17.9 Å². The average Bonchev–Trinajstić information content (AvgIpc) is 2.56. The lowest BCUT2D eigenvalue weighted by Gasteiger charge is -2.10. The predicted octanol–water partition coefficient (Wildman–Crippen LogP) is 1.50. The summed E-state index contributed by atoms with van der Waals surface area (Å²) in [5, 5.41) is 9.14. The summed E-state index contributed by atoms with van der Waals surface area (Å²) in [6.45, 7) is 2.74. The maximum absolute atomic E-state index is 12.0. The van der Waals surface area contributed by atoms with Crippen LogP contribution in [0, 0.1) is 0 Å². The molecule has 0 bridgehead atoms. The molecular formula is C17H20O7. The lowest BCUT2D eigenvalue weighted by molar-refractivity contribution is -0.138. The smallest absolute Gasteiger partial charge is 0.339 e. The van der Waals surface area contributed by atoms with Crippen LogP contribution in [0.15, 0.2) is 36.4 Å². The highest BCUT2D eigenvalue weighted by molar-refractivity contribution is 6.03. The van der Waals surface area contributed by atoms with Crippen LogP contribution < -0.4 is 0 Å². The van der Waals surface area contributed by atoms with E-state index in [0.717, 1.165) is 0 Å². The first kappa shape index (κ1) is 19.4. The highest BCUT2D eigenvalue weighted by Crippen LogP contribution is 2.12. The largest absolute Gasteiger partial charge is 0.459 e. The first-order chi connectivity index (χ1) is 11.5. The van der Waals surface area contributed by atoms with Gasteiger partial charge in [-0.3, -0.25) is 0 Å². The molecular weight excluding hydrogens is 316 g/mol. The number of allylic oxidation sites excluding steroid dienone is 1. The summed E-state index contributed by atoms with van der Waals surface area (Å²) in [5.41, 5.74) is 0.0712. The standard InChI is InChI=1S/C17H20O7/c1-3-6-15(19)22-9-10-23-16(20)13-7-4-5-8-14(13)17(21)24-11-12(2)18/h3-8,12,18H,9-11H2,1-2H3. The zero-order valence-corrected chi connectivity index (χ0v) is 13.6. The molecule has 0 amide bonds. The topological polar surface area (TPSA) is 99.1 Å². The second-order valence-electron chi connectivity index (χ2n) is 4.80. The van der Waals surface area contributed by atoms with Crippen LogP contribution in [0.5, 0.6) is 0 Å². The summed E-state index contributed by atoms with van der Waals surface area (Å²) >= 11 is 0. The molecule has 0 aliphatic carbocycles. The van der Waals surface area contributed by atoms with Gasteiger partial charge in [0.15, 0.2) is 0 Å². The molecule has 0 aliphatic rings. The minimum absolute atomic E-state index is 0.0351. The summed E-state index contributed by atoms with van der Waals surface area (Å²) in [5.74, 6) is -2.00. The number of hydrogen-bond donors (Lipinski definition) is 1. The van der Waals surface area contributed by atoms with Crippen molar-refractivity contribution in [3.63, 3.8) is 0 Å². The van der Waals surface area contributed by atoms with Crippen LogP contribution in [0.25, 0.3) is 0 Å². The van der Waals surface area contributed by atoms with Crippen molar-refractivity contribution in [1.82, 2.24) is 0 Å². The Labute approximate surface area is 139 Å². The minimum atomic E-state index is -0.806. The molecule has 0 radical (unpaired) electrons. The van der Waals surface area contributed by atoms with Crippen LogP contribution in [-0.4, -0.2) is 48.9 Å². The monoisotopic (exact) mass is 336 g/mol. The van der Waals surface area contributed by atoms with Crippen LogP contribution >= 0.6 is 0 Å². The maximum atomic E-state index is 12.0. The molecule has 24 heavy (non-hydrogen) atoms. The number of aliphatic hydroxyl groups excluding tert-OH is 1. The number of benzene rings is 1. The maximum Gasteiger partial charge on any atom is 0.339 e. The van der Waals surface area contributed by atoms with E-state index in [0.29, 0.717) is 0 Å². The molecule has 0 aromatic heterocycles. The van der Waals surface area contributed by atoms with Gasteiger partial charge < -0.3 is 19.3 Å². The number of carbonyl (C=O) groups is 3. The van der Waals surface area contributed by atoms with E-state index in [4.69, 9.17) is 19.3 Å². The summed E-state index contributed by atoms with van der Waals surface area (Å²) in [4.78, 5) is 35.1. The van der Waals surface area contributed by atoms with Crippen LogP contribution in [0.1, 0.15) is 34.6 Å². The van der Waals surface area contributed by atoms with E-state index in [1.54, 1.807) is 19.1 Å². The van der Waals surface area contributed by atoms with E-state index < -0.39 is 24.0 Å². The zero-order chi connectivity index (χ0) is 17.9. The molecule has 1 atom stereocenters. The van der Waals surface area contributed by atoms with Crippen molar-refractivity contribution in [2.24, 2.45) is 0 Å². The van der Waals surface area contributed by atoms with Gasteiger partial charge in [0.25, 0.3) is 0 Å². The molecule has 0 saturated carbocycles. The van der Waals surface area contributed by atoms with Gasteiger partial charge in [-0.2, -0.15) is 0 Å². The summed E-state index contributed by atoms with van der Waals surface area (Å²) in [6, 6.07) is 6.00. The van der Waals surface area contributed by atoms with Gasteiger partial charge in [0.2, 0.25) is 0 Å². The number of esters is 3. The molecule has 0 aliphatic heterocycles.